The van der Waals surface area contributed by atoms with E-state index in [1.54, 1.807) is 0 Å². The van der Waals surface area contributed by atoms with Crippen LogP contribution in [0.3, 0.4) is 0 Å². The van der Waals surface area contributed by atoms with Crippen LogP contribution in [-0.4, -0.2) is 11.5 Å². The predicted molar refractivity (Wildman–Crippen MR) is 87.9 cm³/mol. The molecule has 0 aliphatic rings. The van der Waals surface area contributed by atoms with Gasteiger partial charge in [0.2, 0.25) is 0 Å². The zero-order valence-corrected chi connectivity index (χ0v) is 13.7. The van der Waals surface area contributed by atoms with Crippen LogP contribution in [0, 0.1) is 6.92 Å². The van der Waals surface area contributed by atoms with Gasteiger partial charge in [0.05, 0.1) is 0 Å². The standard InChI is InChI=1S/C17H21BrN2/c1-3-8-20-17(11-14-5-4-9-19-12-14)15-6-7-16(18)13(2)10-15/h4-7,9-10,12,17,20H,3,8,11H2,1-2H3. The molecule has 0 saturated heterocycles. The third-order valence-electron chi connectivity index (χ3n) is 3.39. The molecule has 2 aromatic rings. The number of aryl methyl sites for hydroxylation is 1. The lowest BCUT2D eigenvalue weighted by Crippen LogP contribution is -2.24. The van der Waals surface area contributed by atoms with Crippen LogP contribution >= 0.6 is 15.9 Å². The number of hydrogen-bond acceptors (Lipinski definition) is 2. The fraction of sp³-hybridized carbons (Fsp3) is 0.353. The number of rotatable bonds is 6. The van der Waals surface area contributed by atoms with E-state index in [9.17, 15) is 0 Å². The maximum absolute atomic E-state index is 4.21. The summed E-state index contributed by atoms with van der Waals surface area (Å²) < 4.78 is 1.16. The first-order valence-corrected chi connectivity index (χ1v) is 7.88. The normalized spacial score (nSPS) is 12.3. The van der Waals surface area contributed by atoms with Crippen LogP contribution in [0.15, 0.2) is 47.2 Å². The molecular weight excluding hydrogens is 312 g/mol. The lowest BCUT2D eigenvalue weighted by atomic mass is 9.98. The van der Waals surface area contributed by atoms with Gasteiger partial charge in [-0.15, -0.1) is 0 Å². The number of hydrogen-bond donors (Lipinski definition) is 1. The molecular formula is C17H21BrN2. The van der Waals surface area contributed by atoms with Gasteiger partial charge in [-0.25, -0.2) is 0 Å². The second-order valence-corrected chi connectivity index (χ2v) is 5.94. The molecule has 0 fully saturated rings. The van der Waals surface area contributed by atoms with Crippen LogP contribution in [-0.2, 0) is 6.42 Å². The van der Waals surface area contributed by atoms with Crippen LogP contribution in [0.25, 0.3) is 0 Å². The molecule has 0 radical (unpaired) electrons. The van der Waals surface area contributed by atoms with Gasteiger partial charge >= 0.3 is 0 Å². The third kappa shape index (κ3) is 4.15. The molecule has 1 aromatic heterocycles. The summed E-state index contributed by atoms with van der Waals surface area (Å²) in [7, 11) is 0. The third-order valence-corrected chi connectivity index (χ3v) is 4.28. The summed E-state index contributed by atoms with van der Waals surface area (Å²) in [5.74, 6) is 0. The molecule has 0 aliphatic heterocycles. The van der Waals surface area contributed by atoms with Gasteiger partial charge in [-0.05, 0) is 55.1 Å². The smallest absolute Gasteiger partial charge is 0.0361 e. The topological polar surface area (TPSA) is 24.9 Å². The maximum Gasteiger partial charge on any atom is 0.0361 e. The molecule has 0 amide bonds. The van der Waals surface area contributed by atoms with Crippen LogP contribution in [0.5, 0.6) is 0 Å². The van der Waals surface area contributed by atoms with Gasteiger partial charge in [-0.1, -0.05) is 41.1 Å². The van der Waals surface area contributed by atoms with Gasteiger partial charge in [0, 0.05) is 22.9 Å². The first kappa shape index (κ1) is 15.2. The van der Waals surface area contributed by atoms with Gasteiger partial charge < -0.3 is 5.32 Å². The Morgan fingerprint density at radius 2 is 2.15 bits per heavy atom. The molecule has 1 heterocycles. The Hall–Kier alpha value is -1.19. The molecule has 0 saturated carbocycles. The number of halogens is 1. The Labute approximate surface area is 129 Å². The first-order valence-electron chi connectivity index (χ1n) is 7.09. The summed E-state index contributed by atoms with van der Waals surface area (Å²) in [6.45, 7) is 5.36. The van der Waals surface area contributed by atoms with Crippen molar-refractivity contribution in [3.8, 4) is 0 Å². The first-order chi connectivity index (χ1) is 9.70. The molecule has 1 N–H and O–H groups in total. The summed E-state index contributed by atoms with van der Waals surface area (Å²) in [5, 5.41) is 3.64. The van der Waals surface area contributed by atoms with Crippen molar-refractivity contribution in [2.24, 2.45) is 0 Å². The lowest BCUT2D eigenvalue weighted by molar-refractivity contribution is 0.528. The summed E-state index contributed by atoms with van der Waals surface area (Å²) >= 11 is 3.57. The Morgan fingerprint density at radius 3 is 2.80 bits per heavy atom. The second kappa shape index (κ2) is 7.55. The summed E-state index contributed by atoms with van der Waals surface area (Å²) in [4.78, 5) is 4.21. The van der Waals surface area contributed by atoms with Crippen LogP contribution in [0.4, 0.5) is 0 Å². The fourth-order valence-electron chi connectivity index (χ4n) is 2.27. The van der Waals surface area contributed by atoms with E-state index in [1.807, 2.05) is 18.5 Å². The van der Waals surface area contributed by atoms with E-state index < -0.39 is 0 Å². The van der Waals surface area contributed by atoms with Crippen molar-refractivity contribution < 1.29 is 0 Å². The highest BCUT2D eigenvalue weighted by Gasteiger charge is 2.12. The molecule has 3 heteroatoms. The Morgan fingerprint density at radius 1 is 1.30 bits per heavy atom. The number of benzene rings is 1. The Bertz CT molecular complexity index is 540. The molecule has 1 unspecified atom stereocenters. The molecule has 20 heavy (non-hydrogen) atoms. The minimum absolute atomic E-state index is 0.339. The quantitative estimate of drug-likeness (QED) is 0.846. The number of nitrogens with one attached hydrogen (secondary N) is 1. The molecule has 1 atom stereocenters. The average Bonchev–Trinajstić information content (AvgIpc) is 2.47. The van der Waals surface area contributed by atoms with E-state index in [2.05, 4.69) is 64.3 Å². The number of aromatic nitrogens is 1. The van der Waals surface area contributed by atoms with Crippen LogP contribution < -0.4 is 5.32 Å². The van der Waals surface area contributed by atoms with Crippen molar-refractivity contribution in [3.63, 3.8) is 0 Å². The van der Waals surface area contributed by atoms with Gasteiger partial charge in [0.1, 0.15) is 0 Å². The SMILES string of the molecule is CCCNC(Cc1cccnc1)c1ccc(Br)c(C)c1. The molecule has 0 bridgehead atoms. The maximum atomic E-state index is 4.21. The average molecular weight is 333 g/mol. The monoisotopic (exact) mass is 332 g/mol. The molecule has 2 rings (SSSR count). The molecule has 1 aromatic carbocycles. The van der Waals surface area contributed by atoms with Crippen molar-refractivity contribution in [1.82, 2.24) is 10.3 Å². The van der Waals surface area contributed by atoms with Crippen molar-refractivity contribution in [2.75, 3.05) is 6.54 Å². The predicted octanol–water partition coefficient (Wildman–Crippen LogP) is 4.44. The molecule has 2 nitrogen and oxygen atoms in total. The molecule has 106 valence electrons. The number of nitrogens with zero attached hydrogens (tertiary/aromatic N) is 1. The van der Waals surface area contributed by atoms with Gasteiger partial charge in [-0.2, -0.15) is 0 Å². The van der Waals surface area contributed by atoms with E-state index in [0.717, 1.165) is 23.9 Å². The van der Waals surface area contributed by atoms with Crippen LogP contribution in [0.2, 0.25) is 0 Å². The lowest BCUT2D eigenvalue weighted by Gasteiger charge is -2.20. The summed E-state index contributed by atoms with van der Waals surface area (Å²) in [5.41, 5.74) is 3.88. The van der Waals surface area contributed by atoms with E-state index in [4.69, 9.17) is 0 Å². The highest BCUT2D eigenvalue weighted by molar-refractivity contribution is 9.10. The molecule has 0 spiro atoms. The van der Waals surface area contributed by atoms with E-state index in [0.29, 0.717) is 6.04 Å². The second-order valence-electron chi connectivity index (χ2n) is 5.08. The zero-order chi connectivity index (χ0) is 14.4. The van der Waals surface area contributed by atoms with Crippen molar-refractivity contribution in [1.29, 1.82) is 0 Å². The van der Waals surface area contributed by atoms with Gasteiger partial charge in [-0.3, -0.25) is 4.98 Å². The van der Waals surface area contributed by atoms with Crippen molar-refractivity contribution in [3.05, 3.63) is 63.9 Å². The largest absolute Gasteiger partial charge is 0.310 e. The highest BCUT2D eigenvalue weighted by Crippen LogP contribution is 2.23. The van der Waals surface area contributed by atoms with Crippen molar-refractivity contribution >= 4 is 15.9 Å². The Balaban J connectivity index is 2.20. The van der Waals surface area contributed by atoms with Gasteiger partial charge in [0.25, 0.3) is 0 Å². The van der Waals surface area contributed by atoms with E-state index in [1.165, 1.54) is 16.7 Å². The van der Waals surface area contributed by atoms with E-state index in [-0.39, 0.29) is 0 Å². The van der Waals surface area contributed by atoms with Crippen molar-refractivity contribution in [2.45, 2.75) is 32.7 Å². The molecule has 0 aliphatic carbocycles. The summed E-state index contributed by atoms with van der Waals surface area (Å²) in [6, 6.07) is 11.1. The van der Waals surface area contributed by atoms with Gasteiger partial charge in [0.15, 0.2) is 0 Å². The van der Waals surface area contributed by atoms with E-state index >= 15 is 0 Å². The fourth-order valence-corrected chi connectivity index (χ4v) is 2.51. The highest BCUT2D eigenvalue weighted by atomic mass is 79.9. The number of pyridine rings is 1. The zero-order valence-electron chi connectivity index (χ0n) is 12.1. The van der Waals surface area contributed by atoms with Crippen LogP contribution in [0.1, 0.15) is 36.1 Å². The minimum Gasteiger partial charge on any atom is -0.310 e. The minimum atomic E-state index is 0.339. The Kier molecular flexibility index (Phi) is 5.74. The summed E-state index contributed by atoms with van der Waals surface area (Å²) in [6.07, 6.45) is 5.88.